The highest BCUT2D eigenvalue weighted by Gasteiger charge is 2.10. The second-order valence-electron chi connectivity index (χ2n) is 2.76. The third kappa shape index (κ3) is 1.53. The maximum Gasteiger partial charge on any atom is 0.0339 e. The van der Waals surface area contributed by atoms with Gasteiger partial charge in [-0.05, 0) is 26.2 Å². The highest BCUT2D eigenvalue weighted by molar-refractivity contribution is 5.18. The third-order valence-electron chi connectivity index (χ3n) is 1.62. The lowest BCUT2D eigenvalue weighted by molar-refractivity contribution is 0.844. The number of nitrogens with one attached hydrogen (secondary N) is 1. The summed E-state index contributed by atoms with van der Waals surface area (Å²) < 4.78 is 0. The second-order valence-corrected chi connectivity index (χ2v) is 2.76. The zero-order valence-electron chi connectivity index (χ0n) is 6.41. The average Bonchev–Trinajstić information content (AvgIpc) is 2.15. The Morgan fingerprint density at radius 1 is 1.60 bits per heavy atom. The van der Waals surface area contributed by atoms with Crippen molar-refractivity contribution in [2.24, 2.45) is 5.73 Å². The molecule has 0 aliphatic heterocycles. The zero-order chi connectivity index (χ0) is 7.56. The van der Waals surface area contributed by atoms with Crippen molar-refractivity contribution in [3.8, 4) is 0 Å². The summed E-state index contributed by atoms with van der Waals surface area (Å²) in [4.78, 5) is 0. The van der Waals surface area contributed by atoms with Crippen LogP contribution in [0.2, 0.25) is 0 Å². The molecule has 1 aliphatic carbocycles. The SMILES string of the molecule is C=C(C)NC1=C(N)CCC1. The third-order valence-corrected chi connectivity index (χ3v) is 1.62. The van der Waals surface area contributed by atoms with Gasteiger partial charge in [-0.3, -0.25) is 0 Å². The fourth-order valence-electron chi connectivity index (χ4n) is 1.17. The number of nitrogens with two attached hydrogens (primary N) is 1. The van der Waals surface area contributed by atoms with E-state index in [4.69, 9.17) is 5.73 Å². The summed E-state index contributed by atoms with van der Waals surface area (Å²) in [6, 6.07) is 0. The van der Waals surface area contributed by atoms with Crippen molar-refractivity contribution in [3.63, 3.8) is 0 Å². The van der Waals surface area contributed by atoms with Gasteiger partial charge in [0.15, 0.2) is 0 Å². The van der Waals surface area contributed by atoms with Crippen LogP contribution in [-0.4, -0.2) is 0 Å². The van der Waals surface area contributed by atoms with E-state index in [0.717, 1.165) is 24.2 Å². The Kier molecular flexibility index (Phi) is 2.00. The molecule has 0 fully saturated rings. The highest BCUT2D eigenvalue weighted by Crippen LogP contribution is 2.20. The van der Waals surface area contributed by atoms with Gasteiger partial charge in [-0.25, -0.2) is 0 Å². The van der Waals surface area contributed by atoms with Gasteiger partial charge in [0.25, 0.3) is 0 Å². The van der Waals surface area contributed by atoms with Crippen LogP contribution in [-0.2, 0) is 0 Å². The minimum absolute atomic E-state index is 0.972. The van der Waals surface area contributed by atoms with Crippen molar-refractivity contribution in [2.75, 3.05) is 0 Å². The smallest absolute Gasteiger partial charge is 0.0339 e. The molecule has 0 aromatic heterocycles. The van der Waals surface area contributed by atoms with Crippen molar-refractivity contribution < 1.29 is 0 Å². The number of rotatable bonds is 2. The molecule has 10 heavy (non-hydrogen) atoms. The van der Waals surface area contributed by atoms with Gasteiger partial charge in [-0.1, -0.05) is 6.58 Å². The van der Waals surface area contributed by atoms with Crippen LogP contribution in [0.1, 0.15) is 26.2 Å². The molecular weight excluding hydrogens is 124 g/mol. The Balaban J connectivity index is 2.54. The molecule has 56 valence electrons. The molecule has 1 rings (SSSR count). The molecule has 0 unspecified atom stereocenters. The standard InChI is InChI=1S/C8H14N2/c1-6(2)10-8-5-3-4-7(8)9/h10H,1,3-5,9H2,2H3. The van der Waals surface area contributed by atoms with Gasteiger partial charge >= 0.3 is 0 Å². The van der Waals surface area contributed by atoms with Crippen molar-refractivity contribution in [3.05, 3.63) is 23.7 Å². The van der Waals surface area contributed by atoms with Crippen LogP contribution in [0.15, 0.2) is 23.7 Å². The van der Waals surface area contributed by atoms with E-state index in [9.17, 15) is 0 Å². The van der Waals surface area contributed by atoms with Crippen molar-refractivity contribution in [1.29, 1.82) is 0 Å². The van der Waals surface area contributed by atoms with Gasteiger partial charge in [0.05, 0.1) is 0 Å². The van der Waals surface area contributed by atoms with Crippen LogP contribution < -0.4 is 11.1 Å². The molecule has 0 saturated carbocycles. The van der Waals surface area contributed by atoms with Gasteiger partial charge < -0.3 is 11.1 Å². The molecule has 0 spiro atoms. The molecule has 0 radical (unpaired) electrons. The number of hydrogen-bond donors (Lipinski definition) is 2. The van der Waals surface area contributed by atoms with E-state index in [1.54, 1.807) is 0 Å². The van der Waals surface area contributed by atoms with Crippen molar-refractivity contribution >= 4 is 0 Å². The lowest BCUT2D eigenvalue weighted by Gasteiger charge is -2.05. The lowest BCUT2D eigenvalue weighted by Crippen LogP contribution is -2.11. The van der Waals surface area contributed by atoms with E-state index in [0.29, 0.717) is 0 Å². The van der Waals surface area contributed by atoms with Crippen molar-refractivity contribution in [1.82, 2.24) is 5.32 Å². The summed E-state index contributed by atoms with van der Waals surface area (Å²) in [5, 5.41) is 3.15. The highest BCUT2D eigenvalue weighted by atomic mass is 14.9. The molecule has 0 aromatic rings. The molecule has 0 aromatic carbocycles. The first kappa shape index (κ1) is 7.19. The van der Waals surface area contributed by atoms with E-state index < -0.39 is 0 Å². The normalized spacial score (nSPS) is 17.7. The van der Waals surface area contributed by atoms with Gasteiger partial charge in [-0.15, -0.1) is 0 Å². The first-order valence-corrected chi connectivity index (χ1v) is 3.60. The van der Waals surface area contributed by atoms with Gasteiger partial charge in [0.2, 0.25) is 0 Å². The molecule has 3 N–H and O–H groups in total. The van der Waals surface area contributed by atoms with Crippen LogP contribution in [0.3, 0.4) is 0 Å². The molecule has 0 atom stereocenters. The molecule has 0 bridgehead atoms. The topological polar surface area (TPSA) is 38.0 Å². The summed E-state index contributed by atoms with van der Waals surface area (Å²) >= 11 is 0. The van der Waals surface area contributed by atoms with Gasteiger partial charge in [0, 0.05) is 17.1 Å². The monoisotopic (exact) mass is 138 g/mol. The Morgan fingerprint density at radius 2 is 2.30 bits per heavy atom. The summed E-state index contributed by atoms with van der Waals surface area (Å²) in [6.45, 7) is 5.70. The first-order valence-electron chi connectivity index (χ1n) is 3.60. The zero-order valence-corrected chi connectivity index (χ0v) is 6.41. The number of allylic oxidation sites excluding steroid dienone is 3. The average molecular weight is 138 g/mol. The van der Waals surface area contributed by atoms with Gasteiger partial charge in [-0.2, -0.15) is 0 Å². The molecule has 0 amide bonds. The van der Waals surface area contributed by atoms with Crippen LogP contribution in [0.5, 0.6) is 0 Å². The molecule has 2 nitrogen and oxygen atoms in total. The Bertz CT molecular complexity index is 180. The molecule has 0 saturated heterocycles. The summed E-state index contributed by atoms with van der Waals surface area (Å²) in [5.74, 6) is 0. The Morgan fingerprint density at radius 3 is 2.70 bits per heavy atom. The maximum absolute atomic E-state index is 5.70. The van der Waals surface area contributed by atoms with E-state index in [1.807, 2.05) is 6.92 Å². The maximum atomic E-state index is 5.70. The van der Waals surface area contributed by atoms with E-state index >= 15 is 0 Å². The van der Waals surface area contributed by atoms with Crippen LogP contribution in [0, 0.1) is 0 Å². The summed E-state index contributed by atoms with van der Waals surface area (Å²) in [7, 11) is 0. The molecule has 2 heteroatoms. The minimum atomic E-state index is 0.972. The number of hydrogen-bond acceptors (Lipinski definition) is 2. The largest absolute Gasteiger partial charge is 0.401 e. The lowest BCUT2D eigenvalue weighted by atomic mass is 10.3. The predicted molar refractivity (Wildman–Crippen MR) is 43.0 cm³/mol. The van der Waals surface area contributed by atoms with E-state index in [-0.39, 0.29) is 0 Å². The van der Waals surface area contributed by atoms with E-state index in [1.165, 1.54) is 12.1 Å². The van der Waals surface area contributed by atoms with Gasteiger partial charge in [0.1, 0.15) is 0 Å². The summed E-state index contributed by atoms with van der Waals surface area (Å²) in [6.07, 6.45) is 3.30. The molecular formula is C8H14N2. The van der Waals surface area contributed by atoms with E-state index in [2.05, 4.69) is 11.9 Å². The fourth-order valence-corrected chi connectivity index (χ4v) is 1.17. The predicted octanol–water partition coefficient (Wildman–Crippen LogP) is 1.46. The quantitative estimate of drug-likeness (QED) is 0.606. The van der Waals surface area contributed by atoms with Crippen molar-refractivity contribution in [2.45, 2.75) is 26.2 Å². The molecule has 1 aliphatic rings. The van der Waals surface area contributed by atoms with Crippen LogP contribution >= 0.6 is 0 Å². The molecule has 0 heterocycles. The second kappa shape index (κ2) is 2.78. The Labute approximate surface area is 61.8 Å². The fraction of sp³-hybridized carbons (Fsp3) is 0.500. The van der Waals surface area contributed by atoms with Crippen LogP contribution in [0.25, 0.3) is 0 Å². The van der Waals surface area contributed by atoms with Crippen LogP contribution in [0.4, 0.5) is 0 Å². The summed E-state index contributed by atoms with van der Waals surface area (Å²) in [5.41, 5.74) is 8.85. The Hall–Kier alpha value is -0.920. The first-order chi connectivity index (χ1) is 4.70. The minimum Gasteiger partial charge on any atom is -0.401 e.